The molecule has 0 bridgehead atoms. The highest BCUT2D eigenvalue weighted by Crippen LogP contribution is 2.13. The molecule has 0 unspecified atom stereocenters. The Balaban J connectivity index is 2.02. The maximum absolute atomic E-state index is 11.8. The van der Waals surface area contributed by atoms with Crippen molar-refractivity contribution in [2.24, 2.45) is 0 Å². The number of amides is 1. The van der Waals surface area contributed by atoms with Crippen LogP contribution in [-0.2, 0) is 11.2 Å². The van der Waals surface area contributed by atoms with Crippen molar-refractivity contribution in [3.63, 3.8) is 0 Å². The number of aliphatic carboxylic acids is 1. The number of anilines is 1. The molecule has 1 aromatic heterocycles. The number of imidazole rings is 1. The first kappa shape index (κ1) is 12.8. The molecule has 0 aliphatic heterocycles. The third-order valence-electron chi connectivity index (χ3n) is 2.56. The minimum atomic E-state index is -0.841. The lowest BCUT2D eigenvalue weighted by molar-refractivity contribution is -0.136. The molecule has 0 fully saturated rings. The second-order valence-corrected chi connectivity index (χ2v) is 4.01. The first-order valence-electron chi connectivity index (χ1n) is 5.75. The van der Waals surface area contributed by atoms with Crippen LogP contribution in [0.25, 0.3) is 0 Å². The van der Waals surface area contributed by atoms with Gasteiger partial charge in [0.15, 0.2) is 0 Å². The Kier molecular flexibility index (Phi) is 3.92. The Morgan fingerprint density at radius 3 is 2.89 bits per heavy atom. The van der Waals surface area contributed by atoms with Gasteiger partial charge < -0.3 is 15.4 Å². The van der Waals surface area contributed by atoms with Gasteiger partial charge in [-0.25, -0.2) is 4.98 Å². The summed E-state index contributed by atoms with van der Waals surface area (Å²) in [6.07, 6.45) is 3.36. The first-order chi connectivity index (χ1) is 9.15. The van der Waals surface area contributed by atoms with Crippen molar-refractivity contribution in [3.05, 3.63) is 48.0 Å². The van der Waals surface area contributed by atoms with Gasteiger partial charge in [0.25, 0.3) is 5.91 Å². The summed E-state index contributed by atoms with van der Waals surface area (Å²) in [5, 5.41) is 11.3. The third kappa shape index (κ3) is 3.67. The minimum Gasteiger partial charge on any atom is -0.481 e. The summed E-state index contributed by atoms with van der Waals surface area (Å²) in [5.74, 6) is -1.13. The van der Waals surface area contributed by atoms with Crippen LogP contribution in [0, 0.1) is 0 Å². The number of hydrogen-bond donors (Lipinski definition) is 3. The molecule has 0 aliphatic carbocycles. The van der Waals surface area contributed by atoms with Gasteiger partial charge in [-0.2, -0.15) is 0 Å². The zero-order chi connectivity index (χ0) is 13.7. The number of aryl methyl sites for hydroxylation is 1. The molecular formula is C13H13N3O3. The summed E-state index contributed by atoms with van der Waals surface area (Å²) >= 11 is 0. The number of H-pyrrole nitrogens is 1. The summed E-state index contributed by atoms with van der Waals surface area (Å²) in [6.45, 7) is 0. The fourth-order valence-electron chi connectivity index (χ4n) is 1.63. The molecule has 0 spiro atoms. The highest BCUT2D eigenvalue weighted by molar-refractivity contribution is 6.02. The molecule has 0 saturated heterocycles. The predicted molar refractivity (Wildman–Crippen MR) is 68.9 cm³/mol. The van der Waals surface area contributed by atoms with Crippen LogP contribution in [0.15, 0.2) is 36.8 Å². The van der Waals surface area contributed by atoms with E-state index in [0.29, 0.717) is 17.8 Å². The molecule has 1 amide bonds. The lowest BCUT2D eigenvalue weighted by Crippen LogP contribution is -2.12. The molecule has 19 heavy (non-hydrogen) atoms. The highest BCUT2D eigenvalue weighted by Gasteiger charge is 2.07. The molecule has 0 atom stereocenters. The van der Waals surface area contributed by atoms with E-state index in [1.54, 1.807) is 18.2 Å². The second kappa shape index (κ2) is 5.81. The zero-order valence-electron chi connectivity index (χ0n) is 10.1. The standard InChI is InChI=1S/C13H13N3O3/c17-12(18)5-4-9-2-1-3-10(6-9)16-13(19)11-7-14-8-15-11/h1-3,6-8H,4-5H2,(H,14,15)(H,16,19)(H,17,18). The van der Waals surface area contributed by atoms with Crippen LogP contribution >= 0.6 is 0 Å². The number of nitrogens with zero attached hydrogens (tertiary/aromatic N) is 1. The Morgan fingerprint density at radius 1 is 1.37 bits per heavy atom. The molecular weight excluding hydrogens is 246 g/mol. The van der Waals surface area contributed by atoms with Crippen molar-refractivity contribution in [2.75, 3.05) is 5.32 Å². The summed E-state index contributed by atoms with van der Waals surface area (Å²) in [5.41, 5.74) is 1.86. The molecule has 2 aromatic rings. The second-order valence-electron chi connectivity index (χ2n) is 4.01. The van der Waals surface area contributed by atoms with Crippen LogP contribution in [0.5, 0.6) is 0 Å². The van der Waals surface area contributed by atoms with Gasteiger partial charge in [-0.05, 0) is 24.1 Å². The molecule has 1 heterocycles. The maximum atomic E-state index is 11.8. The summed E-state index contributed by atoms with van der Waals surface area (Å²) in [4.78, 5) is 28.8. The van der Waals surface area contributed by atoms with Gasteiger partial charge in [-0.1, -0.05) is 12.1 Å². The number of hydrogen-bond acceptors (Lipinski definition) is 3. The normalized spacial score (nSPS) is 10.1. The monoisotopic (exact) mass is 259 g/mol. The number of aromatic nitrogens is 2. The highest BCUT2D eigenvalue weighted by atomic mass is 16.4. The van der Waals surface area contributed by atoms with Crippen molar-refractivity contribution in [1.82, 2.24) is 9.97 Å². The van der Waals surface area contributed by atoms with Crippen molar-refractivity contribution < 1.29 is 14.7 Å². The van der Waals surface area contributed by atoms with Gasteiger partial charge in [0.2, 0.25) is 0 Å². The molecule has 0 radical (unpaired) electrons. The van der Waals surface area contributed by atoms with E-state index in [4.69, 9.17) is 5.11 Å². The average molecular weight is 259 g/mol. The van der Waals surface area contributed by atoms with Crippen LogP contribution in [0.4, 0.5) is 5.69 Å². The van der Waals surface area contributed by atoms with Gasteiger partial charge in [0.1, 0.15) is 5.69 Å². The van der Waals surface area contributed by atoms with Crippen molar-refractivity contribution in [1.29, 1.82) is 0 Å². The number of nitrogens with one attached hydrogen (secondary N) is 2. The molecule has 6 heteroatoms. The van der Waals surface area contributed by atoms with Crippen molar-refractivity contribution >= 4 is 17.6 Å². The van der Waals surface area contributed by atoms with E-state index < -0.39 is 5.97 Å². The molecule has 1 aromatic carbocycles. The van der Waals surface area contributed by atoms with Gasteiger partial charge in [-0.15, -0.1) is 0 Å². The Labute approximate surface area is 109 Å². The average Bonchev–Trinajstić information content (AvgIpc) is 2.91. The van der Waals surface area contributed by atoms with E-state index in [1.807, 2.05) is 6.07 Å². The number of carbonyl (C=O) groups excluding carboxylic acids is 1. The lowest BCUT2D eigenvalue weighted by atomic mass is 10.1. The van der Waals surface area contributed by atoms with Crippen LogP contribution in [0.3, 0.4) is 0 Å². The molecule has 98 valence electrons. The topological polar surface area (TPSA) is 95.1 Å². The fourth-order valence-corrected chi connectivity index (χ4v) is 1.63. The Hall–Kier alpha value is -2.63. The Bertz CT molecular complexity index is 579. The number of carboxylic acid groups (broad SMARTS) is 1. The van der Waals surface area contributed by atoms with E-state index in [1.165, 1.54) is 12.5 Å². The predicted octanol–water partition coefficient (Wildman–Crippen LogP) is 1.68. The van der Waals surface area contributed by atoms with E-state index in [2.05, 4.69) is 15.3 Å². The van der Waals surface area contributed by atoms with E-state index in [0.717, 1.165) is 5.56 Å². The minimum absolute atomic E-state index is 0.0674. The van der Waals surface area contributed by atoms with Crippen LogP contribution in [0.1, 0.15) is 22.5 Å². The number of aromatic amines is 1. The van der Waals surface area contributed by atoms with Crippen LogP contribution < -0.4 is 5.32 Å². The van der Waals surface area contributed by atoms with Crippen LogP contribution in [0.2, 0.25) is 0 Å². The number of benzene rings is 1. The number of carboxylic acids is 1. The van der Waals surface area contributed by atoms with E-state index >= 15 is 0 Å². The molecule has 0 saturated carbocycles. The smallest absolute Gasteiger partial charge is 0.303 e. The SMILES string of the molecule is O=C(O)CCc1cccc(NC(=O)c2cnc[nH]2)c1. The van der Waals surface area contributed by atoms with Gasteiger partial charge in [0.05, 0.1) is 12.5 Å². The van der Waals surface area contributed by atoms with E-state index in [-0.39, 0.29) is 12.3 Å². The quantitative estimate of drug-likeness (QED) is 0.761. The van der Waals surface area contributed by atoms with Crippen molar-refractivity contribution in [2.45, 2.75) is 12.8 Å². The number of rotatable bonds is 5. The largest absolute Gasteiger partial charge is 0.481 e. The lowest BCUT2D eigenvalue weighted by Gasteiger charge is -2.05. The fraction of sp³-hybridized carbons (Fsp3) is 0.154. The van der Waals surface area contributed by atoms with Crippen molar-refractivity contribution in [3.8, 4) is 0 Å². The van der Waals surface area contributed by atoms with Crippen LogP contribution in [-0.4, -0.2) is 27.0 Å². The molecule has 2 rings (SSSR count). The molecule has 3 N–H and O–H groups in total. The summed E-state index contributed by atoms with van der Waals surface area (Å²) in [7, 11) is 0. The summed E-state index contributed by atoms with van der Waals surface area (Å²) in [6, 6.07) is 7.12. The summed E-state index contributed by atoms with van der Waals surface area (Å²) < 4.78 is 0. The van der Waals surface area contributed by atoms with Gasteiger partial charge >= 0.3 is 5.97 Å². The zero-order valence-corrected chi connectivity index (χ0v) is 10.1. The first-order valence-corrected chi connectivity index (χ1v) is 5.75. The molecule has 0 aliphatic rings. The van der Waals surface area contributed by atoms with Gasteiger partial charge in [0, 0.05) is 12.1 Å². The van der Waals surface area contributed by atoms with E-state index in [9.17, 15) is 9.59 Å². The van der Waals surface area contributed by atoms with Gasteiger partial charge in [-0.3, -0.25) is 9.59 Å². The Morgan fingerprint density at radius 2 is 2.21 bits per heavy atom. The third-order valence-corrected chi connectivity index (χ3v) is 2.56. The maximum Gasteiger partial charge on any atom is 0.303 e. The molecule has 6 nitrogen and oxygen atoms in total. The number of carbonyl (C=O) groups is 2.